The van der Waals surface area contributed by atoms with Gasteiger partial charge in [-0.2, -0.15) is 13.2 Å². The molecule has 0 aromatic heterocycles. The quantitative estimate of drug-likeness (QED) is 0.761. The zero-order valence-corrected chi connectivity index (χ0v) is 16.0. The summed E-state index contributed by atoms with van der Waals surface area (Å²) in [6, 6.07) is 3.30. The van der Waals surface area contributed by atoms with Gasteiger partial charge in [0.05, 0.1) is 16.8 Å². The predicted molar refractivity (Wildman–Crippen MR) is 94.4 cm³/mol. The molecule has 144 valence electrons. The van der Waals surface area contributed by atoms with Crippen molar-refractivity contribution in [2.75, 3.05) is 13.1 Å². The Morgan fingerprint density at radius 2 is 1.54 bits per heavy atom. The first kappa shape index (κ1) is 20.8. The van der Waals surface area contributed by atoms with Crippen LogP contribution in [-0.2, 0) is 15.5 Å². The van der Waals surface area contributed by atoms with Gasteiger partial charge in [0.25, 0.3) is 5.91 Å². The van der Waals surface area contributed by atoms with Crippen LogP contribution in [0.5, 0.6) is 0 Å². The molecular formula is C18H25BF3NO3. The molecule has 1 aromatic carbocycles. The fourth-order valence-corrected chi connectivity index (χ4v) is 2.75. The number of carbonyl (C=O) groups excluding carboxylic acids is 1. The number of amides is 1. The van der Waals surface area contributed by atoms with Gasteiger partial charge in [-0.3, -0.25) is 4.79 Å². The van der Waals surface area contributed by atoms with E-state index in [0.717, 1.165) is 12.1 Å². The van der Waals surface area contributed by atoms with Crippen molar-refractivity contribution < 1.29 is 27.3 Å². The molecule has 26 heavy (non-hydrogen) atoms. The van der Waals surface area contributed by atoms with Crippen LogP contribution in [0.3, 0.4) is 0 Å². The standard InChI is InChI=1S/C18H25BF3NO3/c1-7-23(8-2)15(24)12-9-13(18(20,21)22)11-14(10-12)19-25-16(3,4)17(5,6)26-19/h9-11H,7-8H2,1-6H3. The summed E-state index contributed by atoms with van der Waals surface area (Å²) < 4.78 is 51.8. The second-order valence-electron chi connectivity index (χ2n) is 7.41. The van der Waals surface area contributed by atoms with Crippen LogP contribution in [0.15, 0.2) is 18.2 Å². The number of rotatable bonds is 4. The summed E-state index contributed by atoms with van der Waals surface area (Å²) >= 11 is 0. The lowest BCUT2D eigenvalue weighted by atomic mass is 9.77. The maximum Gasteiger partial charge on any atom is 0.494 e. The zero-order valence-electron chi connectivity index (χ0n) is 16.0. The van der Waals surface area contributed by atoms with Gasteiger partial charge < -0.3 is 14.2 Å². The van der Waals surface area contributed by atoms with Gasteiger partial charge in [0, 0.05) is 18.7 Å². The van der Waals surface area contributed by atoms with Crippen LogP contribution in [0.25, 0.3) is 0 Å². The minimum atomic E-state index is -4.57. The Bertz CT molecular complexity index is 669. The second-order valence-corrected chi connectivity index (χ2v) is 7.41. The van der Waals surface area contributed by atoms with Crippen LogP contribution in [0.4, 0.5) is 13.2 Å². The number of benzene rings is 1. The molecule has 1 saturated heterocycles. The second kappa shape index (κ2) is 6.89. The summed E-state index contributed by atoms with van der Waals surface area (Å²) in [6.45, 7) is 11.7. The minimum absolute atomic E-state index is 0.0202. The largest absolute Gasteiger partial charge is 0.494 e. The third-order valence-electron chi connectivity index (χ3n) is 5.11. The van der Waals surface area contributed by atoms with E-state index in [4.69, 9.17) is 9.31 Å². The van der Waals surface area contributed by atoms with Crippen molar-refractivity contribution >= 4 is 18.5 Å². The number of halogens is 3. The van der Waals surface area contributed by atoms with Crippen molar-refractivity contribution in [1.82, 2.24) is 4.90 Å². The maximum atomic E-state index is 13.4. The fraction of sp³-hybridized carbons (Fsp3) is 0.611. The lowest BCUT2D eigenvalue weighted by molar-refractivity contribution is -0.137. The molecule has 2 rings (SSSR count). The molecule has 1 aliphatic heterocycles. The van der Waals surface area contributed by atoms with Crippen LogP contribution in [0, 0.1) is 0 Å². The van der Waals surface area contributed by atoms with E-state index in [2.05, 4.69) is 0 Å². The number of alkyl halides is 3. The third kappa shape index (κ3) is 3.91. The molecule has 1 aromatic rings. The minimum Gasteiger partial charge on any atom is -0.399 e. The molecule has 0 spiro atoms. The molecule has 1 amide bonds. The van der Waals surface area contributed by atoms with Crippen molar-refractivity contribution in [2.45, 2.75) is 58.9 Å². The number of nitrogens with zero attached hydrogens (tertiary/aromatic N) is 1. The summed E-state index contributed by atoms with van der Waals surface area (Å²) in [5, 5.41) is 0. The summed E-state index contributed by atoms with van der Waals surface area (Å²) in [7, 11) is -0.967. The highest BCUT2D eigenvalue weighted by molar-refractivity contribution is 6.62. The summed E-state index contributed by atoms with van der Waals surface area (Å²) in [5.74, 6) is -0.445. The Kier molecular flexibility index (Phi) is 5.50. The lowest BCUT2D eigenvalue weighted by Gasteiger charge is -2.32. The molecule has 0 saturated carbocycles. The first-order valence-corrected chi connectivity index (χ1v) is 8.69. The molecule has 0 unspecified atom stereocenters. The molecular weight excluding hydrogens is 346 g/mol. The van der Waals surface area contributed by atoms with Crippen molar-refractivity contribution in [3.05, 3.63) is 29.3 Å². The molecule has 1 fully saturated rings. The normalized spacial score (nSPS) is 18.9. The van der Waals surface area contributed by atoms with Gasteiger partial charge in [0.1, 0.15) is 0 Å². The topological polar surface area (TPSA) is 38.8 Å². The Hall–Kier alpha value is -1.54. The number of hydrogen-bond donors (Lipinski definition) is 0. The average Bonchev–Trinajstić information content (AvgIpc) is 2.75. The monoisotopic (exact) mass is 371 g/mol. The highest BCUT2D eigenvalue weighted by Crippen LogP contribution is 2.37. The van der Waals surface area contributed by atoms with Gasteiger partial charge >= 0.3 is 13.3 Å². The summed E-state index contributed by atoms with van der Waals surface area (Å²) in [5.41, 5.74) is -2.09. The molecule has 4 nitrogen and oxygen atoms in total. The van der Waals surface area contributed by atoms with Crippen LogP contribution >= 0.6 is 0 Å². The molecule has 0 N–H and O–H groups in total. The smallest absolute Gasteiger partial charge is 0.399 e. The van der Waals surface area contributed by atoms with Crippen molar-refractivity contribution in [2.24, 2.45) is 0 Å². The summed E-state index contributed by atoms with van der Waals surface area (Å²) in [6.07, 6.45) is -4.57. The van der Waals surface area contributed by atoms with Crippen molar-refractivity contribution in [3.63, 3.8) is 0 Å². The van der Waals surface area contributed by atoms with Gasteiger partial charge in [-0.05, 0) is 59.1 Å². The maximum absolute atomic E-state index is 13.4. The molecule has 1 heterocycles. The third-order valence-corrected chi connectivity index (χ3v) is 5.11. The average molecular weight is 371 g/mol. The van der Waals surface area contributed by atoms with E-state index in [1.165, 1.54) is 11.0 Å². The molecule has 0 radical (unpaired) electrons. The van der Waals surface area contributed by atoms with Crippen molar-refractivity contribution in [3.8, 4) is 0 Å². The van der Waals surface area contributed by atoms with E-state index in [1.807, 2.05) is 27.7 Å². The van der Waals surface area contributed by atoms with E-state index in [9.17, 15) is 18.0 Å². The predicted octanol–water partition coefficient (Wildman–Crippen LogP) is 3.49. The molecule has 0 bridgehead atoms. The fourth-order valence-electron chi connectivity index (χ4n) is 2.75. The Labute approximate surface area is 152 Å². The Morgan fingerprint density at radius 3 is 1.96 bits per heavy atom. The highest BCUT2D eigenvalue weighted by atomic mass is 19.4. The van der Waals surface area contributed by atoms with E-state index < -0.39 is 36.0 Å². The zero-order chi connectivity index (χ0) is 19.9. The molecule has 1 aliphatic rings. The van der Waals surface area contributed by atoms with E-state index in [-0.39, 0.29) is 11.0 Å². The Balaban J connectivity index is 2.50. The van der Waals surface area contributed by atoms with Gasteiger partial charge in [0.15, 0.2) is 0 Å². The first-order valence-electron chi connectivity index (χ1n) is 8.69. The molecule has 8 heteroatoms. The molecule has 0 aliphatic carbocycles. The SMILES string of the molecule is CCN(CC)C(=O)c1cc(B2OC(C)(C)C(C)(C)O2)cc(C(F)(F)F)c1. The van der Waals surface area contributed by atoms with Crippen LogP contribution in [-0.4, -0.2) is 42.2 Å². The van der Waals surface area contributed by atoms with E-state index in [0.29, 0.717) is 13.1 Å². The first-order chi connectivity index (χ1) is 11.8. The van der Waals surface area contributed by atoms with Crippen molar-refractivity contribution in [1.29, 1.82) is 0 Å². The van der Waals surface area contributed by atoms with Gasteiger partial charge in [-0.25, -0.2) is 0 Å². The van der Waals surface area contributed by atoms with E-state index >= 15 is 0 Å². The van der Waals surface area contributed by atoms with Gasteiger partial charge in [-0.15, -0.1) is 0 Å². The Morgan fingerprint density at radius 1 is 1.04 bits per heavy atom. The van der Waals surface area contributed by atoms with Gasteiger partial charge in [-0.1, -0.05) is 6.07 Å². The number of carbonyl (C=O) groups is 1. The van der Waals surface area contributed by atoms with Gasteiger partial charge in [0.2, 0.25) is 0 Å². The highest BCUT2D eigenvalue weighted by Gasteiger charge is 2.52. The molecule has 0 atom stereocenters. The summed E-state index contributed by atoms with van der Waals surface area (Å²) in [4.78, 5) is 14.1. The van der Waals surface area contributed by atoms with Crippen LogP contribution < -0.4 is 5.46 Å². The number of hydrogen-bond acceptors (Lipinski definition) is 3. The van der Waals surface area contributed by atoms with Crippen LogP contribution in [0.1, 0.15) is 57.5 Å². The van der Waals surface area contributed by atoms with E-state index in [1.54, 1.807) is 13.8 Å². The lowest BCUT2D eigenvalue weighted by Crippen LogP contribution is -2.41. The van der Waals surface area contributed by atoms with Crippen LogP contribution in [0.2, 0.25) is 0 Å².